The summed E-state index contributed by atoms with van der Waals surface area (Å²) in [4.78, 5) is 2.28. The van der Waals surface area contributed by atoms with Gasteiger partial charge < -0.3 is 0 Å². The Labute approximate surface area is 107 Å². The number of nitrogens with zero attached hydrogens (tertiary/aromatic N) is 1. The maximum atomic E-state index is 3.94. The van der Waals surface area contributed by atoms with E-state index in [9.17, 15) is 0 Å². The van der Waals surface area contributed by atoms with Crippen LogP contribution in [0.1, 0.15) is 18.2 Å². The van der Waals surface area contributed by atoms with Crippen molar-refractivity contribution in [1.82, 2.24) is 2.78 Å². The van der Waals surface area contributed by atoms with E-state index in [1.165, 1.54) is 22.2 Å². The molecule has 0 saturated carbocycles. The van der Waals surface area contributed by atoms with Crippen LogP contribution in [0.25, 0.3) is 23.1 Å². The van der Waals surface area contributed by atoms with Gasteiger partial charge in [0.1, 0.15) is 0 Å². The molecule has 2 heteroatoms. The molecule has 0 aliphatic heterocycles. The molecule has 0 atom stereocenters. The first-order chi connectivity index (χ1) is 7.83. The van der Waals surface area contributed by atoms with Crippen molar-refractivity contribution in [1.29, 1.82) is 0 Å². The number of allylic oxidation sites excluding steroid dienone is 1. The SMILES string of the molecule is C=Cc1c(/C=C\C)n([I-]C)c2ccccc12. The molecule has 0 saturated heterocycles. The van der Waals surface area contributed by atoms with E-state index < -0.39 is 0 Å². The molecular formula is C14H15IN-. The number of para-hydroxylation sites is 1. The van der Waals surface area contributed by atoms with E-state index in [-0.39, 0.29) is 21.5 Å². The molecule has 1 aromatic carbocycles. The molecule has 1 aromatic heterocycles. The first kappa shape index (κ1) is 11.5. The molecule has 0 aliphatic rings. The summed E-state index contributed by atoms with van der Waals surface area (Å²) in [6, 6.07) is 8.56. The van der Waals surface area contributed by atoms with Gasteiger partial charge in [0.05, 0.1) is 0 Å². The summed E-state index contributed by atoms with van der Waals surface area (Å²) in [5.74, 6) is 0. The summed E-state index contributed by atoms with van der Waals surface area (Å²) >= 11 is 0.00534. The average Bonchev–Trinajstić information content (AvgIpc) is 2.62. The Morgan fingerprint density at radius 2 is 2.06 bits per heavy atom. The van der Waals surface area contributed by atoms with Crippen LogP contribution in [0.5, 0.6) is 0 Å². The molecule has 0 spiro atoms. The predicted octanol–water partition coefficient (Wildman–Crippen LogP) is 0.799. The van der Waals surface area contributed by atoms with Crippen molar-refractivity contribution in [2.24, 2.45) is 0 Å². The third-order valence-corrected chi connectivity index (χ3v) is 4.60. The van der Waals surface area contributed by atoms with Crippen LogP contribution < -0.4 is 21.5 Å². The summed E-state index contributed by atoms with van der Waals surface area (Å²) in [6.45, 7) is 5.99. The van der Waals surface area contributed by atoms with Gasteiger partial charge >= 0.3 is 107 Å². The summed E-state index contributed by atoms with van der Waals surface area (Å²) in [6.07, 6.45) is 6.24. The quantitative estimate of drug-likeness (QED) is 0.581. The molecule has 0 amide bonds. The van der Waals surface area contributed by atoms with Crippen molar-refractivity contribution < 1.29 is 21.5 Å². The first-order valence-corrected chi connectivity index (χ1v) is 8.34. The van der Waals surface area contributed by atoms with Gasteiger partial charge in [-0.05, 0) is 0 Å². The normalized spacial score (nSPS) is 11.6. The molecule has 1 heterocycles. The minimum atomic E-state index is 0.00534. The molecule has 0 radical (unpaired) electrons. The van der Waals surface area contributed by atoms with Gasteiger partial charge in [-0.2, -0.15) is 0 Å². The fourth-order valence-electron chi connectivity index (χ4n) is 1.96. The Morgan fingerprint density at radius 1 is 1.31 bits per heavy atom. The van der Waals surface area contributed by atoms with Crippen LogP contribution in [-0.2, 0) is 0 Å². The number of hydrogen-bond acceptors (Lipinski definition) is 0. The van der Waals surface area contributed by atoms with Crippen molar-refractivity contribution in [2.45, 2.75) is 6.92 Å². The van der Waals surface area contributed by atoms with Crippen molar-refractivity contribution in [2.75, 3.05) is 4.93 Å². The molecule has 2 rings (SSSR count). The number of alkyl halides is 1. The third kappa shape index (κ3) is 1.71. The fraction of sp³-hybridized carbons (Fsp3) is 0.143. The molecule has 0 N–H and O–H groups in total. The molecule has 84 valence electrons. The zero-order chi connectivity index (χ0) is 11.5. The van der Waals surface area contributed by atoms with Gasteiger partial charge in [0.25, 0.3) is 0 Å². The Balaban J connectivity index is 2.89. The van der Waals surface area contributed by atoms with Gasteiger partial charge in [-0.3, -0.25) is 0 Å². The molecule has 0 bridgehead atoms. The van der Waals surface area contributed by atoms with Crippen LogP contribution in [0.2, 0.25) is 0 Å². The molecule has 2 aromatic rings. The van der Waals surface area contributed by atoms with E-state index in [1.54, 1.807) is 0 Å². The van der Waals surface area contributed by atoms with Crippen LogP contribution in [0.15, 0.2) is 36.9 Å². The number of fused-ring (bicyclic) bond motifs is 1. The van der Waals surface area contributed by atoms with Gasteiger partial charge in [0, 0.05) is 0 Å². The first-order valence-electron chi connectivity index (χ1n) is 5.22. The van der Waals surface area contributed by atoms with E-state index in [1.807, 2.05) is 6.08 Å². The third-order valence-electron chi connectivity index (χ3n) is 2.59. The fourth-order valence-corrected chi connectivity index (χ4v) is 3.84. The van der Waals surface area contributed by atoms with Gasteiger partial charge in [-0.25, -0.2) is 0 Å². The Bertz CT molecular complexity index is 549. The topological polar surface area (TPSA) is 4.93 Å². The second-order valence-corrected chi connectivity index (χ2v) is 5.40. The zero-order valence-corrected chi connectivity index (χ0v) is 11.7. The number of aromatic nitrogens is 1. The number of halogens is 1. The van der Waals surface area contributed by atoms with E-state index in [4.69, 9.17) is 0 Å². The summed E-state index contributed by atoms with van der Waals surface area (Å²) in [7, 11) is 0. The molecular weight excluding hydrogens is 309 g/mol. The van der Waals surface area contributed by atoms with Crippen LogP contribution in [0.4, 0.5) is 0 Å². The average molecular weight is 324 g/mol. The Hall–Kier alpha value is -1.03. The van der Waals surface area contributed by atoms with Crippen molar-refractivity contribution in [3.05, 3.63) is 48.2 Å². The van der Waals surface area contributed by atoms with Crippen molar-refractivity contribution in [3.63, 3.8) is 0 Å². The molecule has 1 nitrogen and oxygen atoms in total. The van der Waals surface area contributed by atoms with E-state index in [0.29, 0.717) is 0 Å². The Morgan fingerprint density at radius 3 is 2.69 bits per heavy atom. The molecule has 16 heavy (non-hydrogen) atoms. The Kier molecular flexibility index (Phi) is 3.49. The van der Waals surface area contributed by atoms with Crippen molar-refractivity contribution >= 4 is 23.1 Å². The van der Waals surface area contributed by atoms with Gasteiger partial charge in [-0.1, -0.05) is 0 Å². The summed E-state index contributed by atoms with van der Waals surface area (Å²) < 4.78 is 2.44. The summed E-state index contributed by atoms with van der Waals surface area (Å²) in [5.41, 5.74) is 3.89. The number of benzene rings is 1. The van der Waals surface area contributed by atoms with Gasteiger partial charge in [-0.15, -0.1) is 0 Å². The maximum absolute atomic E-state index is 3.94. The van der Waals surface area contributed by atoms with Crippen LogP contribution in [-0.4, -0.2) is 7.71 Å². The van der Waals surface area contributed by atoms with Crippen LogP contribution in [0, 0.1) is 0 Å². The van der Waals surface area contributed by atoms with E-state index >= 15 is 0 Å². The van der Waals surface area contributed by atoms with Crippen LogP contribution >= 0.6 is 0 Å². The van der Waals surface area contributed by atoms with Crippen molar-refractivity contribution in [3.8, 4) is 0 Å². The zero-order valence-electron chi connectivity index (χ0n) is 9.57. The molecule has 0 unspecified atom stereocenters. The minimum absolute atomic E-state index is 0.00534. The second kappa shape index (κ2) is 4.87. The van der Waals surface area contributed by atoms with Crippen LogP contribution in [0.3, 0.4) is 0 Å². The molecule has 0 fully saturated rings. The summed E-state index contributed by atoms with van der Waals surface area (Å²) in [5, 5.41) is 1.31. The van der Waals surface area contributed by atoms with Gasteiger partial charge in [0.15, 0.2) is 0 Å². The predicted molar refractivity (Wildman–Crippen MR) is 68.1 cm³/mol. The van der Waals surface area contributed by atoms with E-state index in [2.05, 4.69) is 57.6 Å². The molecule has 0 aliphatic carbocycles. The second-order valence-electron chi connectivity index (χ2n) is 3.47. The number of rotatable bonds is 3. The standard InChI is InChI=1S/C14H15IN/c1-4-8-13-11(5-2)12-9-6-7-10-14(12)16(13)15-3/h4-10H,2H2,1,3H3/q-1/b8-4-. The number of hydrogen-bond donors (Lipinski definition) is 0. The monoisotopic (exact) mass is 324 g/mol. The van der Waals surface area contributed by atoms with E-state index in [0.717, 1.165) is 0 Å². The van der Waals surface area contributed by atoms with Gasteiger partial charge in [0.2, 0.25) is 0 Å².